The lowest BCUT2D eigenvalue weighted by Crippen LogP contribution is -2.16. The molecule has 3 aromatic carbocycles. The van der Waals surface area contributed by atoms with E-state index in [2.05, 4.69) is 17.0 Å². The van der Waals surface area contributed by atoms with Crippen molar-refractivity contribution in [3.63, 3.8) is 0 Å². The Hall–Kier alpha value is -3.32. The van der Waals surface area contributed by atoms with Gasteiger partial charge in [-0.2, -0.15) is 0 Å². The van der Waals surface area contributed by atoms with Gasteiger partial charge in [-0.3, -0.25) is 9.52 Å². The Morgan fingerprint density at radius 2 is 1.69 bits per heavy atom. The predicted molar refractivity (Wildman–Crippen MR) is 128 cm³/mol. The Morgan fingerprint density at radius 3 is 2.38 bits per heavy atom. The summed E-state index contributed by atoms with van der Waals surface area (Å²) >= 11 is 0. The molecule has 0 spiro atoms. The Labute approximate surface area is 189 Å². The van der Waals surface area contributed by atoms with Gasteiger partial charge in [-0.1, -0.05) is 31.5 Å². The molecule has 0 heterocycles. The van der Waals surface area contributed by atoms with Gasteiger partial charge in [-0.15, -0.1) is 0 Å². The molecule has 0 aliphatic carbocycles. The summed E-state index contributed by atoms with van der Waals surface area (Å²) in [5, 5.41) is 2.77. The molecule has 168 valence electrons. The number of nitrogens with one attached hydrogen (secondary N) is 2. The van der Waals surface area contributed by atoms with Gasteiger partial charge < -0.3 is 10.1 Å². The summed E-state index contributed by atoms with van der Waals surface area (Å²) < 4.78 is 34.1. The summed E-state index contributed by atoms with van der Waals surface area (Å²) in [5.74, 6) is 0.380. The molecule has 0 fully saturated rings. The third kappa shape index (κ3) is 6.11. The van der Waals surface area contributed by atoms with Crippen molar-refractivity contribution in [1.82, 2.24) is 0 Å². The second kappa shape index (κ2) is 10.3. The number of hydrogen-bond donors (Lipinski definition) is 2. The van der Waals surface area contributed by atoms with Gasteiger partial charge >= 0.3 is 0 Å². The van der Waals surface area contributed by atoms with Crippen LogP contribution in [-0.4, -0.2) is 20.9 Å². The van der Waals surface area contributed by atoms with Crippen LogP contribution in [-0.2, 0) is 10.0 Å². The maximum absolute atomic E-state index is 12.9. The standard InChI is InChI=1S/C25H28N2O4S/c1-4-5-15-31-23-13-10-20(11-14-23)25(28)26-21-12-9-19(3)24(17-21)32(29,30)27-22-8-6-7-18(2)16-22/h6-14,16-17,27H,4-5,15H2,1-3H3,(H,26,28). The number of ether oxygens (including phenoxy) is 1. The van der Waals surface area contributed by atoms with E-state index in [1.165, 1.54) is 6.07 Å². The number of carbonyl (C=O) groups is 1. The molecule has 32 heavy (non-hydrogen) atoms. The average Bonchev–Trinajstić information content (AvgIpc) is 2.75. The molecule has 6 nitrogen and oxygen atoms in total. The third-order valence-electron chi connectivity index (χ3n) is 4.89. The number of anilines is 2. The van der Waals surface area contributed by atoms with Crippen LogP contribution in [0.5, 0.6) is 5.75 Å². The van der Waals surface area contributed by atoms with Gasteiger partial charge in [-0.25, -0.2) is 8.42 Å². The third-order valence-corrected chi connectivity index (χ3v) is 6.41. The van der Waals surface area contributed by atoms with Crippen LogP contribution in [0, 0.1) is 13.8 Å². The molecule has 3 rings (SSSR count). The lowest BCUT2D eigenvalue weighted by Gasteiger charge is -2.13. The fourth-order valence-electron chi connectivity index (χ4n) is 3.13. The quantitative estimate of drug-likeness (QED) is 0.418. The first-order valence-electron chi connectivity index (χ1n) is 10.5. The van der Waals surface area contributed by atoms with Crippen LogP contribution < -0.4 is 14.8 Å². The smallest absolute Gasteiger partial charge is 0.262 e. The second-order valence-electron chi connectivity index (χ2n) is 7.64. The molecule has 1 amide bonds. The molecule has 2 N–H and O–H groups in total. The molecule has 0 bridgehead atoms. The van der Waals surface area contributed by atoms with E-state index >= 15 is 0 Å². The van der Waals surface area contributed by atoms with Crippen molar-refractivity contribution < 1.29 is 17.9 Å². The van der Waals surface area contributed by atoms with Crippen molar-refractivity contribution in [3.05, 3.63) is 83.4 Å². The summed E-state index contributed by atoms with van der Waals surface area (Å²) in [6.45, 7) is 6.34. The zero-order valence-corrected chi connectivity index (χ0v) is 19.3. The molecular weight excluding hydrogens is 424 g/mol. The van der Waals surface area contributed by atoms with Gasteiger partial charge in [-0.05, 0) is 79.9 Å². The second-order valence-corrected chi connectivity index (χ2v) is 9.29. The lowest BCUT2D eigenvalue weighted by molar-refractivity contribution is 0.102. The van der Waals surface area contributed by atoms with Gasteiger partial charge in [0.1, 0.15) is 5.75 Å². The number of rotatable bonds is 9. The molecule has 7 heteroatoms. The van der Waals surface area contributed by atoms with E-state index in [0.717, 1.165) is 18.4 Å². The molecule has 0 saturated heterocycles. The normalized spacial score (nSPS) is 11.1. The molecule has 0 atom stereocenters. The van der Waals surface area contributed by atoms with Crippen LogP contribution in [0.3, 0.4) is 0 Å². The number of benzene rings is 3. The Balaban J connectivity index is 1.74. The molecule has 3 aromatic rings. The number of carbonyl (C=O) groups excluding carboxylic acids is 1. The van der Waals surface area contributed by atoms with Crippen molar-refractivity contribution in [3.8, 4) is 5.75 Å². The zero-order chi connectivity index (χ0) is 23.1. The summed E-state index contributed by atoms with van der Waals surface area (Å²) in [5.41, 5.74) is 2.87. The Kier molecular flexibility index (Phi) is 7.53. The van der Waals surface area contributed by atoms with Crippen LogP contribution in [0.15, 0.2) is 71.6 Å². The lowest BCUT2D eigenvalue weighted by atomic mass is 10.2. The Bertz CT molecular complexity index is 1190. The van der Waals surface area contributed by atoms with Crippen molar-refractivity contribution >= 4 is 27.3 Å². The van der Waals surface area contributed by atoms with Crippen molar-refractivity contribution in [1.29, 1.82) is 0 Å². The molecular formula is C25H28N2O4S. The summed E-state index contributed by atoms with van der Waals surface area (Å²) in [4.78, 5) is 12.8. The number of sulfonamides is 1. The van der Waals surface area contributed by atoms with E-state index in [9.17, 15) is 13.2 Å². The van der Waals surface area contributed by atoms with Crippen LogP contribution in [0.1, 0.15) is 41.3 Å². The number of amides is 1. The van der Waals surface area contributed by atoms with E-state index in [4.69, 9.17) is 4.74 Å². The molecule has 0 aliphatic rings. The number of unbranched alkanes of at least 4 members (excludes halogenated alkanes) is 1. The fourth-order valence-corrected chi connectivity index (χ4v) is 4.45. The van der Waals surface area contributed by atoms with Crippen molar-refractivity contribution in [2.45, 2.75) is 38.5 Å². The van der Waals surface area contributed by atoms with E-state index in [0.29, 0.717) is 34.9 Å². The predicted octanol–water partition coefficient (Wildman–Crippen LogP) is 5.54. The molecule has 0 radical (unpaired) electrons. The summed E-state index contributed by atoms with van der Waals surface area (Å²) in [6, 6.07) is 18.8. The van der Waals surface area contributed by atoms with Crippen LogP contribution in [0.4, 0.5) is 11.4 Å². The number of aryl methyl sites for hydroxylation is 2. The van der Waals surface area contributed by atoms with Gasteiger partial charge in [0.15, 0.2) is 0 Å². The van der Waals surface area contributed by atoms with Crippen LogP contribution in [0.25, 0.3) is 0 Å². The molecule has 0 unspecified atom stereocenters. The maximum atomic E-state index is 12.9. The topological polar surface area (TPSA) is 84.5 Å². The minimum atomic E-state index is -3.82. The molecule has 0 aliphatic heterocycles. The first kappa shape index (κ1) is 23.3. The minimum Gasteiger partial charge on any atom is -0.494 e. The summed E-state index contributed by atoms with van der Waals surface area (Å²) in [7, 11) is -3.82. The van der Waals surface area contributed by atoms with E-state index in [-0.39, 0.29) is 10.8 Å². The van der Waals surface area contributed by atoms with Crippen molar-refractivity contribution in [2.75, 3.05) is 16.6 Å². The largest absolute Gasteiger partial charge is 0.494 e. The van der Waals surface area contributed by atoms with E-state index in [1.54, 1.807) is 61.5 Å². The Morgan fingerprint density at radius 1 is 0.938 bits per heavy atom. The van der Waals surface area contributed by atoms with Crippen LogP contribution in [0.2, 0.25) is 0 Å². The highest BCUT2D eigenvalue weighted by molar-refractivity contribution is 7.92. The first-order valence-corrected chi connectivity index (χ1v) is 12.0. The number of hydrogen-bond acceptors (Lipinski definition) is 4. The monoisotopic (exact) mass is 452 g/mol. The van der Waals surface area contributed by atoms with E-state index < -0.39 is 10.0 Å². The van der Waals surface area contributed by atoms with Gasteiger partial charge in [0.2, 0.25) is 0 Å². The highest BCUT2D eigenvalue weighted by Crippen LogP contribution is 2.24. The molecule has 0 aromatic heterocycles. The highest BCUT2D eigenvalue weighted by atomic mass is 32.2. The zero-order valence-electron chi connectivity index (χ0n) is 18.5. The first-order chi connectivity index (χ1) is 15.3. The van der Waals surface area contributed by atoms with Gasteiger partial charge in [0.25, 0.3) is 15.9 Å². The highest BCUT2D eigenvalue weighted by Gasteiger charge is 2.18. The van der Waals surface area contributed by atoms with E-state index in [1.807, 2.05) is 13.0 Å². The van der Waals surface area contributed by atoms with Crippen LogP contribution >= 0.6 is 0 Å². The van der Waals surface area contributed by atoms with Gasteiger partial charge in [0, 0.05) is 16.9 Å². The minimum absolute atomic E-state index is 0.108. The van der Waals surface area contributed by atoms with Gasteiger partial charge in [0.05, 0.1) is 11.5 Å². The van der Waals surface area contributed by atoms with Crippen molar-refractivity contribution in [2.24, 2.45) is 0 Å². The molecule has 0 saturated carbocycles. The fraction of sp³-hybridized carbons (Fsp3) is 0.240. The summed E-state index contributed by atoms with van der Waals surface area (Å²) in [6.07, 6.45) is 2.02. The average molecular weight is 453 g/mol. The maximum Gasteiger partial charge on any atom is 0.262 e. The SMILES string of the molecule is CCCCOc1ccc(C(=O)Nc2ccc(C)c(S(=O)(=O)Nc3cccc(C)c3)c2)cc1.